The summed E-state index contributed by atoms with van der Waals surface area (Å²) in [5.74, 6) is -1.66. The van der Waals surface area contributed by atoms with E-state index >= 15 is 4.39 Å². The molecule has 2 unspecified atom stereocenters. The number of hydrogen-bond acceptors (Lipinski definition) is 7. The van der Waals surface area contributed by atoms with Crippen LogP contribution >= 0.6 is 11.6 Å². The molecule has 0 bridgehead atoms. The first-order valence-corrected chi connectivity index (χ1v) is 15.7. The molecule has 2 atom stereocenters. The standard InChI is InChI=1S/C34H32ClFN8O3/c1-7-22(45)42-14-21-33(46)39-29-25-31(26(35)24(27(29)36)23-16(4)8-9-20-19(23)12-38-41-20)44(30-17(5)10-11-37-28(30)15(2)3)34(47)40-32(25)43(21)13-18(42)6/h7-12,15,18,21H,1,13-14H2,2-6H3,(H,38,41)(H,39,46). The number of anilines is 2. The molecule has 2 amide bonds. The molecule has 0 aliphatic carbocycles. The normalized spacial score (nSPS) is 17.7. The van der Waals surface area contributed by atoms with E-state index in [1.165, 1.54) is 15.5 Å². The molecule has 2 N–H and O–H groups in total. The van der Waals surface area contributed by atoms with Crippen LogP contribution in [0.15, 0.2) is 48.0 Å². The monoisotopic (exact) mass is 654 g/mol. The van der Waals surface area contributed by atoms with Gasteiger partial charge in [-0.25, -0.2) is 9.18 Å². The molecule has 5 heterocycles. The van der Waals surface area contributed by atoms with Gasteiger partial charge in [0.1, 0.15) is 11.9 Å². The summed E-state index contributed by atoms with van der Waals surface area (Å²) in [6.45, 7) is 13.2. The maximum atomic E-state index is 17.3. The van der Waals surface area contributed by atoms with Crippen molar-refractivity contribution in [2.45, 2.75) is 52.6 Å². The first kappa shape index (κ1) is 30.5. The molecule has 47 heavy (non-hydrogen) atoms. The fourth-order valence-electron chi connectivity index (χ4n) is 6.96. The van der Waals surface area contributed by atoms with Crippen molar-refractivity contribution < 1.29 is 14.0 Å². The lowest BCUT2D eigenvalue weighted by molar-refractivity contribution is -0.130. The smallest absolute Gasteiger partial charge is 0.340 e. The molecule has 0 saturated carbocycles. The fraction of sp³-hybridized carbons (Fsp3) is 0.294. The fourth-order valence-corrected chi connectivity index (χ4v) is 7.31. The SMILES string of the molecule is C=CC(=O)N1CC2C(=O)Nc3c(F)c(-c4c(C)ccc5[nH]ncc45)c(Cl)c4c3c(nc(=O)n4-c3c(C)ccnc3C(C)C)N2CC1C. The molecule has 0 spiro atoms. The maximum absolute atomic E-state index is 17.3. The van der Waals surface area contributed by atoms with Crippen molar-refractivity contribution in [3.63, 3.8) is 0 Å². The summed E-state index contributed by atoms with van der Waals surface area (Å²) in [6, 6.07) is 4.11. The van der Waals surface area contributed by atoms with Gasteiger partial charge in [0.05, 0.1) is 51.3 Å². The van der Waals surface area contributed by atoms with Crippen LogP contribution in [0.25, 0.3) is 38.6 Å². The minimum absolute atomic E-state index is 0.00797. The van der Waals surface area contributed by atoms with E-state index < -0.39 is 23.5 Å². The van der Waals surface area contributed by atoms with Gasteiger partial charge in [0, 0.05) is 35.3 Å². The Bertz CT molecular complexity index is 2240. The number of pyridine rings is 1. The zero-order valence-electron chi connectivity index (χ0n) is 26.5. The van der Waals surface area contributed by atoms with E-state index in [9.17, 15) is 14.4 Å². The zero-order chi connectivity index (χ0) is 33.5. The number of nitrogens with zero attached hydrogens (tertiary/aromatic N) is 6. The first-order valence-electron chi connectivity index (χ1n) is 15.3. The Kier molecular flexibility index (Phi) is 7.16. The van der Waals surface area contributed by atoms with Crippen LogP contribution in [-0.4, -0.2) is 66.6 Å². The maximum Gasteiger partial charge on any atom is 0.354 e. The van der Waals surface area contributed by atoms with Crippen LogP contribution in [0.4, 0.5) is 15.9 Å². The summed E-state index contributed by atoms with van der Waals surface area (Å²) in [4.78, 5) is 53.6. The molecule has 5 aromatic rings. The Labute approximate surface area is 274 Å². The second-order valence-corrected chi connectivity index (χ2v) is 12.8. The van der Waals surface area contributed by atoms with E-state index in [0.717, 1.165) is 5.56 Å². The highest BCUT2D eigenvalue weighted by Crippen LogP contribution is 2.49. The van der Waals surface area contributed by atoms with Crippen molar-refractivity contribution >= 4 is 56.7 Å². The van der Waals surface area contributed by atoms with Crippen molar-refractivity contribution in [2.24, 2.45) is 0 Å². The van der Waals surface area contributed by atoms with Crippen LogP contribution in [0.2, 0.25) is 5.02 Å². The quantitative estimate of drug-likeness (QED) is 0.248. The van der Waals surface area contributed by atoms with Crippen molar-refractivity contribution in [3.05, 3.63) is 81.4 Å². The van der Waals surface area contributed by atoms with E-state index in [1.54, 1.807) is 23.4 Å². The summed E-state index contributed by atoms with van der Waals surface area (Å²) in [5, 5.41) is 10.7. The molecule has 0 radical (unpaired) electrons. The second-order valence-electron chi connectivity index (χ2n) is 12.5. The average Bonchev–Trinajstić information content (AvgIpc) is 3.48. The van der Waals surface area contributed by atoms with E-state index in [2.05, 4.69) is 32.1 Å². The highest BCUT2D eigenvalue weighted by atomic mass is 35.5. The number of aromatic nitrogens is 5. The van der Waals surface area contributed by atoms with Crippen LogP contribution in [0, 0.1) is 19.7 Å². The summed E-state index contributed by atoms with van der Waals surface area (Å²) < 4.78 is 18.7. The molecule has 3 aromatic heterocycles. The summed E-state index contributed by atoms with van der Waals surface area (Å²) >= 11 is 7.36. The van der Waals surface area contributed by atoms with Crippen molar-refractivity contribution in [3.8, 4) is 16.8 Å². The average molecular weight is 655 g/mol. The van der Waals surface area contributed by atoms with Crippen LogP contribution in [-0.2, 0) is 9.59 Å². The number of aryl methyl sites for hydroxylation is 2. The Balaban J connectivity index is 1.65. The van der Waals surface area contributed by atoms with Gasteiger partial charge in [-0.3, -0.25) is 24.2 Å². The van der Waals surface area contributed by atoms with Gasteiger partial charge >= 0.3 is 5.69 Å². The van der Waals surface area contributed by atoms with Gasteiger partial charge in [-0.2, -0.15) is 10.1 Å². The molecule has 2 aliphatic rings. The third-order valence-corrected chi connectivity index (χ3v) is 9.59. The van der Waals surface area contributed by atoms with Crippen LogP contribution in [0.5, 0.6) is 0 Å². The number of hydrogen-bond donors (Lipinski definition) is 2. The van der Waals surface area contributed by atoms with Gasteiger partial charge in [-0.1, -0.05) is 38.1 Å². The number of fused-ring (bicyclic) bond motifs is 3. The molecule has 13 heteroatoms. The number of rotatable bonds is 4. The van der Waals surface area contributed by atoms with E-state index in [4.69, 9.17) is 11.6 Å². The van der Waals surface area contributed by atoms with Gasteiger partial charge in [-0.15, -0.1) is 0 Å². The van der Waals surface area contributed by atoms with Gasteiger partial charge < -0.3 is 15.1 Å². The van der Waals surface area contributed by atoms with Gasteiger partial charge in [0.25, 0.3) is 0 Å². The number of benzene rings is 2. The number of nitrogens with one attached hydrogen (secondary N) is 2. The molecule has 7 rings (SSSR count). The third-order valence-electron chi connectivity index (χ3n) is 9.22. The van der Waals surface area contributed by atoms with Gasteiger partial charge in [-0.05, 0) is 56.0 Å². The van der Waals surface area contributed by atoms with Crippen molar-refractivity contribution in [2.75, 3.05) is 23.3 Å². The lowest BCUT2D eigenvalue weighted by atomic mass is 9.94. The van der Waals surface area contributed by atoms with E-state index in [0.29, 0.717) is 33.4 Å². The molecular formula is C34H32ClFN8O3. The Morgan fingerprint density at radius 3 is 2.64 bits per heavy atom. The first-order chi connectivity index (χ1) is 22.4. The summed E-state index contributed by atoms with van der Waals surface area (Å²) in [6.07, 6.45) is 4.46. The molecule has 1 saturated heterocycles. The minimum atomic E-state index is -0.972. The van der Waals surface area contributed by atoms with Crippen LogP contribution < -0.4 is 15.9 Å². The van der Waals surface area contributed by atoms with Gasteiger partial charge in [0.2, 0.25) is 11.8 Å². The number of halogens is 2. The predicted octanol–water partition coefficient (Wildman–Crippen LogP) is 5.40. The lowest BCUT2D eigenvalue weighted by Gasteiger charge is -2.44. The highest BCUT2D eigenvalue weighted by molar-refractivity contribution is 6.40. The molecule has 2 aliphatic heterocycles. The Morgan fingerprint density at radius 2 is 1.91 bits per heavy atom. The second kappa shape index (κ2) is 11.0. The highest BCUT2D eigenvalue weighted by Gasteiger charge is 2.43. The molecule has 1 fully saturated rings. The lowest BCUT2D eigenvalue weighted by Crippen LogP contribution is -2.62. The van der Waals surface area contributed by atoms with Crippen LogP contribution in [0.3, 0.4) is 0 Å². The number of carbonyl (C=O) groups is 2. The number of aromatic amines is 1. The number of piperazine rings is 1. The van der Waals surface area contributed by atoms with Gasteiger partial charge in [0.15, 0.2) is 5.82 Å². The number of amides is 2. The molecule has 2 aromatic carbocycles. The molecule has 240 valence electrons. The molecule has 11 nitrogen and oxygen atoms in total. The van der Waals surface area contributed by atoms with E-state index in [-0.39, 0.29) is 64.0 Å². The predicted molar refractivity (Wildman–Crippen MR) is 180 cm³/mol. The van der Waals surface area contributed by atoms with E-state index in [1.807, 2.05) is 46.8 Å². The van der Waals surface area contributed by atoms with Crippen molar-refractivity contribution in [1.82, 2.24) is 29.6 Å². The third kappa shape index (κ3) is 4.45. The van der Waals surface area contributed by atoms with Crippen LogP contribution in [0.1, 0.15) is 43.5 Å². The molecular weight excluding hydrogens is 623 g/mol. The summed E-state index contributed by atoms with van der Waals surface area (Å²) in [7, 11) is 0. The zero-order valence-corrected chi connectivity index (χ0v) is 27.2. The number of carbonyl (C=O) groups excluding carboxylic acids is 2. The van der Waals surface area contributed by atoms with Crippen molar-refractivity contribution in [1.29, 1.82) is 0 Å². The Hall–Kier alpha value is -5.10. The minimum Gasteiger partial charge on any atom is -0.340 e. The largest absolute Gasteiger partial charge is 0.354 e. The Morgan fingerprint density at radius 1 is 1.15 bits per heavy atom. The summed E-state index contributed by atoms with van der Waals surface area (Å²) in [5.41, 5.74) is 3.05. The topological polar surface area (TPSA) is 129 Å². The number of H-pyrrole nitrogens is 1.